The number of hydrogen-bond acceptors (Lipinski definition) is 4. The number of carbonyl (C=O) groups is 1. The fourth-order valence-corrected chi connectivity index (χ4v) is 5.63. The molecule has 0 bridgehead atoms. The normalized spacial score (nSPS) is 14.3. The van der Waals surface area contributed by atoms with Gasteiger partial charge in [0, 0.05) is 16.7 Å². The van der Waals surface area contributed by atoms with Gasteiger partial charge in [-0.25, -0.2) is 0 Å². The van der Waals surface area contributed by atoms with E-state index < -0.39 is 0 Å². The van der Waals surface area contributed by atoms with Crippen molar-refractivity contribution in [3.63, 3.8) is 0 Å². The molecule has 1 unspecified atom stereocenters. The highest BCUT2D eigenvalue weighted by atomic mass is 35.5. The van der Waals surface area contributed by atoms with Gasteiger partial charge in [-0.15, -0.1) is 10.2 Å². The molecule has 1 fully saturated rings. The van der Waals surface area contributed by atoms with E-state index in [1.54, 1.807) is 23.9 Å². The zero-order valence-corrected chi connectivity index (χ0v) is 21.9. The lowest BCUT2D eigenvalue weighted by molar-refractivity contribution is -0.128. The molecule has 3 aromatic carbocycles. The number of nitrogens with one attached hydrogen (secondary N) is 1. The van der Waals surface area contributed by atoms with Crippen LogP contribution in [0.25, 0.3) is 5.69 Å². The molecule has 0 aliphatic heterocycles. The van der Waals surface area contributed by atoms with E-state index in [4.69, 9.17) is 23.2 Å². The quantitative estimate of drug-likeness (QED) is 0.232. The van der Waals surface area contributed by atoms with Crippen molar-refractivity contribution in [1.82, 2.24) is 20.1 Å². The van der Waals surface area contributed by atoms with Crippen molar-refractivity contribution in [3.8, 4) is 5.69 Å². The van der Waals surface area contributed by atoms with Gasteiger partial charge in [0.15, 0.2) is 11.0 Å². The fourth-order valence-electron chi connectivity index (χ4n) is 4.23. The molecular weight excluding hydrogens is 511 g/mol. The summed E-state index contributed by atoms with van der Waals surface area (Å²) in [5, 5.41) is 14.2. The van der Waals surface area contributed by atoms with Crippen LogP contribution in [0.3, 0.4) is 0 Å². The van der Waals surface area contributed by atoms with Crippen LogP contribution in [0.4, 0.5) is 0 Å². The van der Waals surface area contributed by atoms with E-state index in [0.29, 0.717) is 27.4 Å². The van der Waals surface area contributed by atoms with Gasteiger partial charge in [0.2, 0.25) is 5.91 Å². The maximum Gasteiger partial charge on any atom is 0.223 e. The van der Waals surface area contributed by atoms with Crippen molar-refractivity contribution < 1.29 is 4.79 Å². The van der Waals surface area contributed by atoms with Crippen LogP contribution < -0.4 is 5.32 Å². The number of amides is 1. The number of hydrogen-bond donors (Lipinski definition) is 1. The Morgan fingerprint density at radius 3 is 2.31 bits per heavy atom. The summed E-state index contributed by atoms with van der Waals surface area (Å²) in [5.74, 6) is 1.50. The minimum Gasteiger partial charge on any atom is -0.345 e. The first-order valence-electron chi connectivity index (χ1n) is 12.0. The SMILES string of the molecule is O=C(NC(Cc1ccccc1)c1nnc(SCc2ccccc2)n1-c1ccc(Cl)cc1Cl)C1CCC1. The van der Waals surface area contributed by atoms with E-state index in [-0.39, 0.29) is 17.9 Å². The van der Waals surface area contributed by atoms with E-state index >= 15 is 0 Å². The van der Waals surface area contributed by atoms with Crippen LogP contribution in [0, 0.1) is 5.92 Å². The van der Waals surface area contributed by atoms with Crippen LogP contribution in [0.1, 0.15) is 42.3 Å². The van der Waals surface area contributed by atoms with Crippen LogP contribution in [0.2, 0.25) is 10.0 Å². The Bertz CT molecular complexity index is 1330. The molecule has 8 heteroatoms. The molecule has 0 spiro atoms. The first kappa shape index (κ1) is 24.9. The Labute approximate surface area is 225 Å². The molecule has 5 nitrogen and oxygen atoms in total. The average Bonchev–Trinajstić information content (AvgIpc) is 3.26. The maximum atomic E-state index is 13.1. The second-order valence-electron chi connectivity index (χ2n) is 8.92. The lowest BCUT2D eigenvalue weighted by Crippen LogP contribution is -2.38. The van der Waals surface area contributed by atoms with Gasteiger partial charge in [-0.1, -0.05) is 102 Å². The van der Waals surface area contributed by atoms with Gasteiger partial charge in [-0.2, -0.15) is 0 Å². The Morgan fingerprint density at radius 1 is 0.972 bits per heavy atom. The highest BCUT2D eigenvalue weighted by Gasteiger charge is 2.30. The summed E-state index contributed by atoms with van der Waals surface area (Å²) in [6.07, 6.45) is 3.54. The fraction of sp³-hybridized carbons (Fsp3) is 0.250. The molecule has 1 atom stereocenters. The molecule has 1 heterocycles. The zero-order chi connectivity index (χ0) is 24.9. The first-order chi connectivity index (χ1) is 17.6. The number of rotatable bonds is 9. The maximum absolute atomic E-state index is 13.1. The molecule has 1 aliphatic carbocycles. The monoisotopic (exact) mass is 536 g/mol. The third kappa shape index (κ3) is 5.77. The third-order valence-electron chi connectivity index (χ3n) is 6.41. The Morgan fingerprint density at radius 2 is 1.67 bits per heavy atom. The molecule has 1 saturated carbocycles. The van der Waals surface area contributed by atoms with E-state index in [2.05, 4.69) is 39.8 Å². The smallest absolute Gasteiger partial charge is 0.223 e. The predicted octanol–water partition coefficient (Wildman–Crippen LogP) is 7.07. The number of nitrogens with zero attached hydrogens (tertiary/aromatic N) is 3. The standard InChI is InChI=1S/C28H26Cl2N4OS/c29-22-14-15-25(23(30)17-22)34-26(32-33-28(34)36-18-20-10-5-2-6-11-20)24(16-19-8-3-1-4-9-19)31-27(35)21-12-7-13-21/h1-6,8-11,14-15,17,21,24H,7,12-13,16,18H2,(H,31,35). The van der Waals surface area contributed by atoms with Gasteiger partial charge in [-0.05, 0) is 48.6 Å². The van der Waals surface area contributed by atoms with Gasteiger partial charge in [0.05, 0.1) is 16.8 Å². The average molecular weight is 538 g/mol. The topological polar surface area (TPSA) is 59.8 Å². The summed E-state index contributed by atoms with van der Waals surface area (Å²) in [6, 6.07) is 25.3. The lowest BCUT2D eigenvalue weighted by atomic mass is 9.84. The third-order valence-corrected chi connectivity index (χ3v) is 7.94. The second-order valence-corrected chi connectivity index (χ2v) is 10.7. The number of thioether (sulfide) groups is 1. The summed E-state index contributed by atoms with van der Waals surface area (Å²) in [5.41, 5.74) is 3.01. The van der Waals surface area contributed by atoms with Gasteiger partial charge in [0.1, 0.15) is 0 Å². The number of carbonyl (C=O) groups excluding carboxylic acids is 1. The van der Waals surface area contributed by atoms with Crippen molar-refractivity contribution in [2.75, 3.05) is 0 Å². The van der Waals surface area contributed by atoms with Crippen molar-refractivity contribution in [3.05, 3.63) is 106 Å². The summed E-state index contributed by atoms with van der Waals surface area (Å²) in [6.45, 7) is 0. The summed E-state index contributed by atoms with van der Waals surface area (Å²) >= 11 is 14.5. The van der Waals surface area contributed by atoms with Gasteiger partial charge in [-0.3, -0.25) is 9.36 Å². The van der Waals surface area contributed by atoms with Gasteiger partial charge >= 0.3 is 0 Å². The molecule has 184 valence electrons. The van der Waals surface area contributed by atoms with Gasteiger partial charge < -0.3 is 5.32 Å². The molecule has 0 saturated heterocycles. The molecule has 1 aliphatic rings. The van der Waals surface area contributed by atoms with Crippen LogP contribution in [0.15, 0.2) is 84.0 Å². The summed E-state index contributed by atoms with van der Waals surface area (Å²) < 4.78 is 1.96. The van der Waals surface area contributed by atoms with Crippen molar-refractivity contribution in [2.45, 2.75) is 42.6 Å². The Balaban J connectivity index is 1.54. The molecule has 1 N–H and O–H groups in total. The van der Waals surface area contributed by atoms with Crippen LogP contribution in [0.5, 0.6) is 0 Å². The van der Waals surface area contributed by atoms with Crippen molar-refractivity contribution in [1.29, 1.82) is 0 Å². The second kappa shape index (κ2) is 11.5. The molecule has 0 radical (unpaired) electrons. The predicted molar refractivity (Wildman–Crippen MR) is 146 cm³/mol. The number of benzene rings is 3. The minimum absolute atomic E-state index is 0.0608. The zero-order valence-electron chi connectivity index (χ0n) is 19.6. The molecular formula is C28H26Cl2N4OS. The van der Waals surface area contributed by atoms with Crippen LogP contribution in [-0.2, 0) is 17.0 Å². The number of halogens is 2. The van der Waals surface area contributed by atoms with E-state index in [1.807, 2.05) is 47.0 Å². The van der Waals surface area contributed by atoms with Crippen molar-refractivity contribution in [2.24, 2.45) is 5.92 Å². The minimum atomic E-state index is -0.370. The highest BCUT2D eigenvalue weighted by molar-refractivity contribution is 7.98. The summed E-state index contributed by atoms with van der Waals surface area (Å²) in [4.78, 5) is 13.1. The van der Waals surface area contributed by atoms with E-state index in [0.717, 1.165) is 36.3 Å². The van der Waals surface area contributed by atoms with E-state index in [1.165, 1.54) is 5.56 Å². The highest BCUT2D eigenvalue weighted by Crippen LogP contribution is 2.34. The Kier molecular flexibility index (Phi) is 7.95. The molecule has 1 aromatic heterocycles. The first-order valence-corrected chi connectivity index (χ1v) is 13.7. The molecule has 5 rings (SSSR count). The Hall–Kier alpha value is -2.80. The molecule has 36 heavy (non-hydrogen) atoms. The largest absolute Gasteiger partial charge is 0.345 e. The lowest BCUT2D eigenvalue weighted by Gasteiger charge is -2.27. The van der Waals surface area contributed by atoms with Gasteiger partial charge in [0.25, 0.3) is 0 Å². The molecule has 4 aromatic rings. The van der Waals surface area contributed by atoms with Crippen molar-refractivity contribution >= 4 is 40.9 Å². The summed E-state index contributed by atoms with van der Waals surface area (Å²) in [7, 11) is 0. The molecule has 1 amide bonds. The number of aromatic nitrogens is 3. The van der Waals surface area contributed by atoms with Crippen LogP contribution in [-0.4, -0.2) is 20.7 Å². The van der Waals surface area contributed by atoms with E-state index in [9.17, 15) is 4.79 Å². The van der Waals surface area contributed by atoms with Crippen LogP contribution >= 0.6 is 35.0 Å².